The number of hydrogen-bond acceptors (Lipinski definition) is 4. The predicted octanol–water partition coefficient (Wildman–Crippen LogP) is 4.31. The Hall–Kier alpha value is -3.15. The van der Waals surface area contributed by atoms with E-state index in [1.165, 1.54) is 6.07 Å². The van der Waals surface area contributed by atoms with Crippen LogP contribution in [-0.2, 0) is 27.3 Å². The van der Waals surface area contributed by atoms with Crippen molar-refractivity contribution in [1.29, 1.82) is 0 Å². The highest BCUT2D eigenvalue weighted by molar-refractivity contribution is 5.88. The van der Waals surface area contributed by atoms with Crippen LogP contribution < -0.4 is 5.73 Å². The lowest BCUT2D eigenvalue weighted by Crippen LogP contribution is -2.55. The Morgan fingerprint density at radius 3 is 2.42 bits per heavy atom. The first-order valence-electron chi connectivity index (χ1n) is 10.6. The monoisotopic (exact) mass is 422 g/mol. The largest absolute Gasteiger partial charge is 0.495 e. The third-order valence-corrected chi connectivity index (χ3v) is 6.57. The summed E-state index contributed by atoms with van der Waals surface area (Å²) in [7, 11) is 1.56. The van der Waals surface area contributed by atoms with Gasteiger partial charge >= 0.3 is 0 Å². The number of hydrogen-bond donors (Lipinski definition) is 1. The van der Waals surface area contributed by atoms with Crippen molar-refractivity contribution in [3.63, 3.8) is 0 Å². The van der Waals surface area contributed by atoms with E-state index in [4.69, 9.17) is 20.2 Å². The normalized spacial score (nSPS) is 22.0. The van der Waals surface area contributed by atoms with E-state index >= 15 is 0 Å². The van der Waals surface area contributed by atoms with E-state index in [9.17, 15) is 9.18 Å². The highest BCUT2D eigenvalue weighted by Crippen LogP contribution is 2.55. The van der Waals surface area contributed by atoms with E-state index in [1.54, 1.807) is 31.5 Å². The van der Waals surface area contributed by atoms with Gasteiger partial charge in [0.15, 0.2) is 11.5 Å². The molecule has 2 N–H and O–H groups in total. The van der Waals surface area contributed by atoms with Gasteiger partial charge in [0.2, 0.25) is 5.91 Å². The van der Waals surface area contributed by atoms with Crippen LogP contribution in [0.5, 0.6) is 0 Å². The second-order valence-corrected chi connectivity index (χ2v) is 8.21. The van der Waals surface area contributed by atoms with Crippen LogP contribution in [0.4, 0.5) is 4.39 Å². The lowest BCUT2D eigenvalue weighted by molar-refractivity contribution is -0.131. The Balaban J connectivity index is 1.76. The van der Waals surface area contributed by atoms with Gasteiger partial charge in [0.05, 0.1) is 18.7 Å². The molecule has 0 saturated heterocycles. The number of allylic oxidation sites excluding steroid dienone is 1. The van der Waals surface area contributed by atoms with Gasteiger partial charge in [0, 0.05) is 12.0 Å². The molecule has 1 aliphatic carbocycles. The molecule has 4 rings (SSSR count). The van der Waals surface area contributed by atoms with Crippen molar-refractivity contribution in [3.8, 4) is 0 Å². The Morgan fingerprint density at radius 2 is 1.77 bits per heavy atom. The van der Waals surface area contributed by atoms with Crippen molar-refractivity contribution < 1.29 is 18.7 Å². The average molecular weight is 423 g/mol. The molecule has 162 valence electrons. The van der Waals surface area contributed by atoms with Crippen molar-refractivity contribution in [2.24, 2.45) is 16.1 Å². The van der Waals surface area contributed by atoms with Gasteiger partial charge in [-0.3, -0.25) is 9.79 Å². The van der Waals surface area contributed by atoms with Crippen LogP contribution in [-0.4, -0.2) is 24.8 Å². The topological polar surface area (TPSA) is 73.9 Å². The van der Waals surface area contributed by atoms with Gasteiger partial charge in [-0.1, -0.05) is 61.4 Å². The van der Waals surface area contributed by atoms with E-state index in [0.717, 1.165) is 18.4 Å². The molecule has 6 heteroatoms. The first-order valence-corrected chi connectivity index (χ1v) is 10.6. The third-order valence-electron chi connectivity index (χ3n) is 6.57. The fourth-order valence-electron chi connectivity index (χ4n) is 5.00. The Kier molecular flexibility index (Phi) is 5.81. The zero-order valence-corrected chi connectivity index (χ0v) is 17.6. The van der Waals surface area contributed by atoms with E-state index in [2.05, 4.69) is 0 Å². The summed E-state index contributed by atoms with van der Waals surface area (Å²) in [5.41, 5.74) is 5.62. The smallest absolute Gasteiger partial charge is 0.226 e. The van der Waals surface area contributed by atoms with E-state index in [0.29, 0.717) is 36.3 Å². The summed E-state index contributed by atoms with van der Waals surface area (Å²) in [6.07, 6.45) is 5.14. The molecular weight excluding hydrogens is 395 g/mol. The summed E-state index contributed by atoms with van der Waals surface area (Å²) in [5, 5.41) is 0. The number of rotatable bonds is 8. The van der Waals surface area contributed by atoms with Gasteiger partial charge in [-0.2, -0.15) is 0 Å². The van der Waals surface area contributed by atoms with Gasteiger partial charge < -0.3 is 15.2 Å². The number of primary amides is 1. The maximum absolute atomic E-state index is 14.1. The minimum atomic E-state index is -0.990. The number of amides is 1. The molecule has 0 radical (unpaired) electrons. The molecular formula is C25H27FN2O3. The number of benzene rings is 2. The van der Waals surface area contributed by atoms with Crippen LogP contribution in [0.15, 0.2) is 71.1 Å². The number of ether oxygens (including phenoxy) is 2. The van der Waals surface area contributed by atoms with Crippen molar-refractivity contribution in [1.82, 2.24) is 0 Å². The molecule has 2 aromatic rings. The second-order valence-electron chi connectivity index (χ2n) is 8.21. The molecule has 0 bridgehead atoms. The Morgan fingerprint density at radius 1 is 1.10 bits per heavy atom. The fraction of sp³-hybridized carbons (Fsp3) is 0.360. The van der Waals surface area contributed by atoms with Crippen molar-refractivity contribution >= 4 is 12.1 Å². The minimum absolute atomic E-state index is 0.0336. The molecule has 0 aromatic heterocycles. The number of halogens is 1. The van der Waals surface area contributed by atoms with Gasteiger partial charge in [-0.15, -0.1) is 0 Å². The molecule has 2 aromatic carbocycles. The zero-order valence-electron chi connectivity index (χ0n) is 17.6. The van der Waals surface area contributed by atoms with Gasteiger partial charge in [-0.05, 0) is 24.5 Å². The highest BCUT2D eigenvalue weighted by Gasteiger charge is 2.62. The SMILES string of the molecule is COC1=C(OCc2ccccc2F)C=NC1(Cc1ccccc1)C1(C(N)=O)CCCC1. The Bertz CT molecular complexity index is 1010. The molecule has 1 unspecified atom stereocenters. The molecule has 5 nitrogen and oxygen atoms in total. The summed E-state index contributed by atoms with van der Waals surface area (Å²) in [5.74, 6) is 0.183. The summed E-state index contributed by atoms with van der Waals surface area (Å²) in [6, 6.07) is 16.3. The molecule has 1 saturated carbocycles. The summed E-state index contributed by atoms with van der Waals surface area (Å²) < 4.78 is 25.9. The van der Waals surface area contributed by atoms with Gasteiger partial charge in [0.1, 0.15) is 18.0 Å². The quantitative estimate of drug-likeness (QED) is 0.689. The first kappa shape index (κ1) is 21.1. The second kappa shape index (κ2) is 8.53. The van der Waals surface area contributed by atoms with Crippen molar-refractivity contribution in [3.05, 3.63) is 83.1 Å². The molecule has 1 amide bonds. The number of nitrogens with zero attached hydrogens (tertiary/aromatic N) is 1. The van der Waals surface area contributed by atoms with Crippen LogP contribution in [0.25, 0.3) is 0 Å². The minimum Gasteiger partial charge on any atom is -0.495 e. The van der Waals surface area contributed by atoms with Crippen LogP contribution in [0.3, 0.4) is 0 Å². The lowest BCUT2D eigenvalue weighted by Gasteiger charge is -2.43. The van der Waals surface area contributed by atoms with E-state index in [-0.39, 0.29) is 18.3 Å². The number of aliphatic imine (C=N–C) groups is 1. The van der Waals surface area contributed by atoms with Gasteiger partial charge in [0.25, 0.3) is 0 Å². The summed E-state index contributed by atoms with van der Waals surface area (Å²) in [6.45, 7) is 0.0336. The summed E-state index contributed by atoms with van der Waals surface area (Å²) >= 11 is 0. The molecule has 1 heterocycles. The molecule has 2 aliphatic rings. The van der Waals surface area contributed by atoms with Crippen LogP contribution in [0, 0.1) is 11.2 Å². The van der Waals surface area contributed by atoms with Crippen molar-refractivity contribution in [2.75, 3.05) is 7.11 Å². The standard InChI is InChI=1S/C25H27FN2O3/c1-30-22-21(31-17-19-11-5-6-12-20(19)26)16-28-25(22,15-18-9-3-2-4-10-18)24(23(27)29)13-7-8-14-24/h2-6,9-12,16H,7-8,13-15,17H2,1H3,(H2,27,29). The molecule has 1 fully saturated rings. The lowest BCUT2D eigenvalue weighted by atomic mass is 9.64. The molecule has 0 spiro atoms. The average Bonchev–Trinajstić information content (AvgIpc) is 3.41. The fourth-order valence-corrected chi connectivity index (χ4v) is 5.00. The zero-order chi connectivity index (χ0) is 21.9. The van der Waals surface area contributed by atoms with Crippen LogP contribution >= 0.6 is 0 Å². The third kappa shape index (κ3) is 3.60. The molecule has 1 aliphatic heterocycles. The number of carbonyl (C=O) groups is 1. The highest BCUT2D eigenvalue weighted by atomic mass is 19.1. The van der Waals surface area contributed by atoms with Gasteiger partial charge in [-0.25, -0.2) is 4.39 Å². The van der Waals surface area contributed by atoms with Crippen LogP contribution in [0.1, 0.15) is 36.8 Å². The van der Waals surface area contributed by atoms with Crippen molar-refractivity contribution in [2.45, 2.75) is 44.2 Å². The van der Waals surface area contributed by atoms with Crippen LogP contribution in [0.2, 0.25) is 0 Å². The maximum atomic E-state index is 14.1. The first-order chi connectivity index (χ1) is 15.0. The predicted molar refractivity (Wildman–Crippen MR) is 117 cm³/mol. The van der Waals surface area contributed by atoms with E-state index < -0.39 is 11.0 Å². The Labute approximate surface area is 181 Å². The number of carbonyl (C=O) groups excluding carboxylic acids is 1. The maximum Gasteiger partial charge on any atom is 0.226 e. The number of nitrogens with two attached hydrogens (primary N) is 1. The number of methoxy groups -OCH3 is 1. The molecule has 1 atom stereocenters. The summed E-state index contributed by atoms with van der Waals surface area (Å²) in [4.78, 5) is 17.7. The van der Waals surface area contributed by atoms with E-state index in [1.807, 2.05) is 30.3 Å². The molecule has 31 heavy (non-hydrogen) atoms.